The van der Waals surface area contributed by atoms with E-state index in [1.54, 1.807) is 30.3 Å². The number of benzene rings is 2. The fraction of sp³-hybridized carbons (Fsp3) is 0. The first kappa shape index (κ1) is 14.5. The van der Waals surface area contributed by atoms with Crippen molar-refractivity contribution in [3.05, 3.63) is 71.9 Å². The maximum atomic E-state index is 12.1. The van der Waals surface area contributed by atoms with Crippen molar-refractivity contribution >= 4 is 22.7 Å². The number of hydrazine groups is 1. The van der Waals surface area contributed by atoms with Crippen LogP contribution >= 0.6 is 0 Å². The molecular formula is C17H13N3O3. The number of para-hydroxylation sites is 2. The van der Waals surface area contributed by atoms with Gasteiger partial charge in [0, 0.05) is 5.39 Å². The Morgan fingerprint density at radius 2 is 1.52 bits per heavy atom. The number of nitrogens with one attached hydrogen (secondary N) is 2. The van der Waals surface area contributed by atoms with E-state index in [-0.39, 0.29) is 17.0 Å². The molecule has 0 fully saturated rings. The largest absolute Gasteiger partial charge is 0.507 e. The van der Waals surface area contributed by atoms with E-state index in [9.17, 15) is 14.7 Å². The first-order valence-corrected chi connectivity index (χ1v) is 6.89. The topological polar surface area (TPSA) is 91.3 Å². The van der Waals surface area contributed by atoms with Crippen LogP contribution in [-0.2, 0) is 0 Å². The van der Waals surface area contributed by atoms with Gasteiger partial charge in [-0.3, -0.25) is 20.4 Å². The molecule has 0 atom stereocenters. The minimum absolute atomic E-state index is 0.0688. The van der Waals surface area contributed by atoms with Gasteiger partial charge in [0.2, 0.25) is 0 Å². The van der Waals surface area contributed by atoms with Crippen LogP contribution in [0, 0.1) is 0 Å². The standard InChI is InChI=1S/C17H13N3O3/c21-15-8-4-2-6-12(15)16(22)19-20-17(23)14-10-9-11-5-1-3-7-13(11)18-14/h1-10,21H,(H,19,22)(H,20,23). The van der Waals surface area contributed by atoms with Gasteiger partial charge >= 0.3 is 0 Å². The lowest BCUT2D eigenvalue weighted by Crippen LogP contribution is -2.41. The van der Waals surface area contributed by atoms with Crippen molar-refractivity contribution in [3.63, 3.8) is 0 Å². The summed E-state index contributed by atoms with van der Waals surface area (Å²) in [5, 5.41) is 10.5. The molecule has 3 aromatic rings. The van der Waals surface area contributed by atoms with Crippen LogP contribution in [0.4, 0.5) is 0 Å². The van der Waals surface area contributed by atoms with Gasteiger partial charge in [-0.05, 0) is 24.3 Å². The van der Waals surface area contributed by atoms with Gasteiger partial charge in [-0.1, -0.05) is 36.4 Å². The number of fused-ring (bicyclic) bond motifs is 1. The Kier molecular flexibility index (Phi) is 3.88. The summed E-state index contributed by atoms with van der Waals surface area (Å²) in [5.41, 5.74) is 5.46. The number of phenolic OH excluding ortho intramolecular Hbond substituents is 1. The van der Waals surface area contributed by atoms with Crippen LogP contribution < -0.4 is 10.9 Å². The molecule has 2 amide bonds. The zero-order valence-electron chi connectivity index (χ0n) is 12.0. The minimum atomic E-state index is -0.614. The quantitative estimate of drug-likeness (QED) is 0.632. The van der Waals surface area contributed by atoms with Crippen LogP contribution in [0.15, 0.2) is 60.7 Å². The third-order valence-electron chi connectivity index (χ3n) is 3.27. The Labute approximate surface area is 131 Å². The molecule has 1 aromatic heterocycles. The lowest BCUT2D eigenvalue weighted by atomic mass is 10.2. The lowest BCUT2D eigenvalue weighted by molar-refractivity contribution is 0.0842. The van der Waals surface area contributed by atoms with Gasteiger partial charge in [-0.2, -0.15) is 0 Å². The number of pyridine rings is 1. The van der Waals surface area contributed by atoms with Crippen molar-refractivity contribution in [2.75, 3.05) is 0 Å². The average Bonchev–Trinajstić information content (AvgIpc) is 2.59. The van der Waals surface area contributed by atoms with Crippen LogP contribution in [0.5, 0.6) is 5.75 Å². The molecule has 0 spiro atoms. The van der Waals surface area contributed by atoms with Gasteiger partial charge in [0.15, 0.2) is 0 Å². The molecule has 6 nitrogen and oxygen atoms in total. The Morgan fingerprint density at radius 1 is 0.826 bits per heavy atom. The van der Waals surface area contributed by atoms with Crippen molar-refractivity contribution in [2.45, 2.75) is 0 Å². The Morgan fingerprint density at radius 3 is 2.35 bits per heavy atom. The Balaban J connectivity index is 1.71. The third-order valence-corrected chi connectivity index (χ3v) is 3.27. The summed E-state index contributed by atoms with van der Waals surface area (Å²) >= 11 is 0. The molecule has 0 unspecified atom stereocenters. The fourth-order valence-corrected chi connectivity index (χ4v) is 2.10. The molecule has 1 heterocycles. The number of hydrogen-bond acceptors (Lipinski definition) is 4. The minimum Gasteiger partial charge on any atom is -0.507 e. The maximum absolute atomic E-state index is 12.1. The molecule has 0 aliphatic heterocycles. The number of carbonyl (C=O) groups is 2. The van der Waals surface area contributed by atoms with Gasteiger partial charge in [0.1, 0.15) is 11.4 Å². The number of phenols is 1. The van der Waals surface area contributed by atoms with E-state index >= 15 is 0 Å². The molecule has 114 valence electrons. The number of carbonyl (C=O) groups excluding carboxylic acids is 2. The SMILES string of the molecule is O=C(NNC(=O)c1ccccc1O)c1ccc2ccccc2n1. The monoisotopic (exact) mass is 307 g/mol. The highest BCUT2D eigenvalue weighted by Crippen LogP contribution is 2.15. The number of rotatable bonds is 2. The van der Waals surface area contributed by atoms with Crippen LogP contribution in [0.2, 0.25) is 0 Å². The maximum Gasteiger partial charge on any atom is 0.288 e. The second-order valence-electron chi connectivity index (χ2n) is 4.81. The van der Waals surface area contributed by atoms with E-state index in [2.05, 4.69) is 15.8 Å². The van der Waals surface area contributed by atoms with Crippen LogP contribution in [0.1, 0.15) is 20.8 Å². The fourth-order valence-electron chi connectivity index (χ4n) is 2.10. The second-order valence-corrected chi connectivity index (χ2v) is 4.81. The molecule has 0 saturated heterocycles. The molecule has 2 aromatic carbocycles. The normalized spacial score (nSPS) is 10.3. The van der Waals surface area contributed by atoms with E-state index in [0.29, 0.717) is 5.52 Å². The molecule has 3 N–H and O–H groups in total. The van der Waals surface area contributed by atoms with E-state index < -0.39 is 11.8 Å². The molecule has 0 aliphatic carbocycles. The molecule has 3 rings (SSSR count). The zero-order chi connectivity index (χ0) is 16.2. The lowest BCUT2D eigenvalue weighted by Gasteiger charge is -2.08. The van der Waals surface area contributed by atoms with Crippen LogP contribution in [-0.4, -0.2) is 21.9 Å². The molecule has 6 heteroatoms. The third kappa shape index (κ3) is 3.11. The predicted molar refractivity (Wildman–Crippen MR) is 84.8 cm³/mol. The average molecular weight is 307 g/mol. The van der Waals surface area contributed by atoms with Crippen molar-refractivity contribution in [1.29, 1.82) is 0 Å². The van der Waals surface area contributed by atoms with Gasteiger partial charge < -0.3 is 5.11 Å². The summed E-state index contributed by atoms with van der Waals surface area (Å²) in [6, 6.07) is 16.8. The van der Waals surface area contributed by atoms with Gasteiger partial charge in [0.05, 0.1) is 11.1 Å². The number of hydrogen-bond donors (Lipinski definition) is 3. The van der Waals surface area contributed by atoms with Crippen molar-refractivity contribution in [1.82, 2.24) is 15.8 Å². The summed E-state index contributed by atoms with van der Waals surface area (Å²) in [4.78, 5) is 28.2. The summed E-state index contributed by atoms with van der Waals surface area (Å²) in [6.07, 6.45) is 0. The molecule has 0 bridgehead atoms. The van der Waals surface area contributed by atoms with Gasteiger partial charge in [-0.25, -0.2) is 4.98 Å². The highest BCUT2D eigenvalue weighted by molar-refractivity contribution is 6.00. The summed E-state index contributed by atoms with van der Waals surface area (Å²) in [5.74, 6) is -1.32. The highest BCUT2D eigenvalue weighted by atomic mass is 16.3. The van der Waals surface area contributed by atoms with Crippen molar-refractivity contribution in [3.8, 4) is 5.75 Å². The van der Waals surface area contributed by atoms with E-state index in [1.165, 1.54) is 12.1 Å². The molecular weight excluding hydrogens is 294 g/mol. The molecule has 0 aliphatic rings. The Hall–Kier alpha value is -3.41. The molecule has 0 saturated carbocycles. The zero-order valence-corrected chi connectivity index (χ0v) is 12.0. The number of aromatic nitrogens is 1. The summed E-state index contributed by atoms with van der Waals surface area (Å²) < 4.78 is 0. The highest BCUT2D eigenvalue weighted by Gasteiger charge is 2.13. The van der Waals surface area contributed by atoms with E-state index in [0.717, 1.165) is 5.39 Å². The first-order chi connectivity index (χ1) is 11.1. The van der Waals surface area contributed by atoms with E-state index in [4.69, 9.17) is 0 Å². The van der Waals surface area contributed by atoms with Crippen molar-refractivity contribution < 1.29 is 14.7 Å². The molecule has 0 radical (unpaired) electrons. The van der Waals surface area contributed by atoms with Crippen LogP contribution in [0.3, 0.4) is 0 Å². The molecule has 23 heavy (non-hydrogen) atoms. The number of amides is 2. The number of nitrogens with zero attached hydrogens (tertiary/aromatic N) is 1. The Bertz CT molecular complexity index is 893. The van der Waals surface area contributed by atoms with Crippen LogP contribution in [0.25, 0.3) is 10.9 Å². The smallest absolute Gasteiger partial charge is 0.288 e. The number of aromatic hydroxyl groups is 1. The summed E-state index contributed by atoms with van der Waals surface area (Å²) in [6.45, 7) is 0. The first-order valence-electron chi connectivity index (χ1n) is 6.89. The van der Waals surface area contributed by atoms with Gasteiger partial charge in [-0.15, -0.1) is 0 Å². The summed E-state index contributed by atoms with van der Waals surface area (Å²) in [7, 11) is 0. The second kappa shape index (κ2) is 6.15. The van der Waals surface area contributed by atoms with Crippen molar-refractivity contribution in [2.24, 2.45) is 0 Å². The van der Waals surface area contributed by atoms with Gasteiger partial charge in [0.25, 0.3) is 11.8 Å². The van der Waals surface area contributed by atoms with E-state index in [1.807, 2.05) is 18.2 Å². The predicted octanol–water partition coefficient (Wildman–Crippen LogP) is 2.02.